The molecule has 1 fully saturated rings. The molecule has 2 N–H and O–H groups in total. The zero-order valence-corrected chi connectivity index (χ0v) is 14.9. The van der Waals surface area contributed by atoms with Crippen LogP contribution in [0.25, 0.3) is 11.0 Å². The van der Waals surface area contributed by atoms with Gasteiger partial charge in [0.1, 0.15) is 11.3 Å². The summed E-state index contributed by atoms with van der Waals surface area (Å²) in [6, 6.07) is 10.1. The molecule has 26 heavy (non-hydrogen) atoms. The Hall–Kier alpha value is -2.80. The van der Waals surface area contributed by atoms with Crippen molar-refractivity contribution in [2.24, 2.45) is 10.7 Å². The predicted molar refractivity (Wildman–Crippen MR) is 98.6 cm³/mol. The number of rotatable bonds is 3. The molecule has 0 spiro atoms. The zero-order chi connectivity index (χ0) is 18.1. The fraction of sp³-hybridized carbons (Fsp3) is 0.368. The summed E-state index contributed by atoms with van der Waals surface area (Å²) < 4.78 is 16.4. The number of nitrogens with two attached hydrogens (primary N) is 1. The van der Waals surface area contributed by atoms with E-state index in [4.69, 9.17) is 19.4 Å². The van der Waals surface area contributed by atoms with Crippen LogP contribution in [0.2, 0.25) is 0 Å². The molecule has 0 radical (unpaired) electrons. The highest BCUT2D eigenvalue weighted by Gasteiger charge is 2.17. The van der Waals surface area contributed by atoms with Crippen LogP contribution in [-0.4, -0.2) is 42.3 Å². The molecule has 1 unspecified atom stereocenters. The Morgan fingerprint density at radius 3 is 2.85 bits per heavy atom. The summed E-state index contributed by atoms with van der Waals surface area (Å²) in [5.74, 6) is 1.80. The van der Waals surface area contributed by atoms with Crippen molar-refractivity contribution in [2.45, 2.75) is 19.8 Å². The normalized spacial score (nSPS) is 17.0. The van der Waals surface area contributed by atoms with E-state index in [1.807, 2.05) is 30.0 Å². The van der Waals surface area contributed by atoms with Crippen LogP contribution < -0.4 is 5.73 Å². The summed E-state index contributed by atoms with van der Waals surface area (Å²) in [5, 5.41) is 5.26. The minimum absolute atomic E-state index is 0.0575. The fourth-order valence-corrected chi connectivity index (χ4v) is 3.13. The third-order valence-corrected chi connectivity index (χ3v) is 4.69. The number of morpholine rings is 1. The third-order valence-electron chi connectivity index (χ3n) is 4.69. The van der Waals surface area contributed by atoms with Crippen LogP contribution in [0.5, 0.6) is 0 Å². The maximum atomic E-state index is 6.06. The van der Waals surface area contributed by atoms with Gasteiger partial charge in [0, 0.05) is 30.5 Å². The molecule has 0 bridgehead atoms. The lowest BCUT2D eigenvalue weighted by molar-refractivity contribution is 0.0675. The highest BCUT2D eigenvalue weighted by Crippen LogP contribution is 2.29. The SMILES string of the molecule is Cc1cc2ccc(C(C)c3cc(N=C(N)N4CCOCC4)on3)cc2o1. The van der Waals surface area contributed by atoms with Crippen molar-refractivity contribution >= 4 is 22.8 Å². The Kier molecular flexibility index (Phi) is 4.38. The van der Waals surface area contributed by atoms with Gasteiger partial charge < -0.3 is 24.3 Å². The Morgan fingerprint density at radius 1 is 1.23 bits per heavy atom. The third kappa shape index (κ3) is 3.30. The molecule has 136 valence electrons. The van der Waals surface area contributed by atoms with Gasteiger partial charge in [0.25, 0.3) is 5.88 Å². The molecule has 0 aliphatic carbocycles. The van der Waals surface area contributed by atoms with Crippen molar-refractivity contribution in [1.82, 2.24) is 10.1 Å². The van der Waals surface area contributed by atoms with Gasteiger partial charge >= 0.3 is 0 Å². The molecule has 3 aromatic rings. The summed E-state index contributed by atoms with van der Waals surface area (Å²) >= 11 is 0. The largest absolute Gasteiger partial charge is 0.461 e. The number of furan rings is 1. The Morgan fingerprint density at radius 2 is 2.04 bits per heavy atom. The molecular formula is C19H22N4O3. The van der Waals surface area contributed by atoms with E-state index < -0.39 is 0 Å². The minimum Gasteiger partial charge on any atom is -0.461 e. The van der Waals surface area contributed by atoms with Crippen LogP contribution in [0.3, 0.4) is 0 Å². The topological polar surface area (TPSA) is 90.0 Å². The lowest BCUT2D eigenvalue weighted by Gasteiger charge is -2.27. The minimum atomic E-state index is 0.0575. The van der Waals surface area contributed by atoms with E-state index in [-0.39, 0.29) is 5.92 Å². The van der Waals surface area contributed by atoms with Gasteiger partial charge in [-0.3, -0.25) is 0 Å². The van der Waals surface area contributed by atoms with Gasteiger partial charge in [0.15, 0.2) is 5.96 Å². The second-order valence-electron chi connectivity index (χ2n) is 6.54. The number of ether oxygens (including phenoxy) is 1. The fourth-order valence-electron chi connectivity index (χ4n) is 3.13. The molecule has 3 heterocycles. The number of aromatic nitrogens is 1. The summed E-state index contributed by atoms with van der Waals surface area (Å²) in [6.07, 6.45) is 0. The second-order valence-corrected chi connectivity index (χ2v) is 6.54. The van der Waals surface area contributed by atoms with Gasteiger partial charge in [-0.1, -0.05) is 24.2 Å². The van der Waals surface area contributed by atoms with Gasteiger partial charge in [-0.15, -0.1) is 0 Å². The quantitative estimate of drug-likeness (QED) is 0.574. The summed E-state index contributed by atoms with van der Waals surface area (Å²) in [5.41, 5.74) is 8.86. The van der Waals surface area contributed by atoms with E-state index in [1.165, 1.54) is 0 Å². The summed E-state index contributed by atoms with van der Waals surface area (Å²) in [4.78, 5) is 6.32. The van der Waals surface area contributed by atoms with Gasteiger partial charge in [-0.2, -0.15) is 4.99 Å². The molecular weight excluding hydrogens is 332 g/mol. The van der Waals surface area contributed by atoms with Crippen LogP contribution in [0, 0.1) is 6.92 Å². The van der Waals surface area contributed by atoms with Crippen molar-refractivity contribution in [3.63, 3.8) is 0 Å². The highest BCUT2D eigenvalue weighted by molar-refractivity contribution is 5.80. The molecule has 1 aliphatic rings. The average molecular weight is 354 g/mol. The van der Waals surface area contributed by atoms with Crippen LogP contribution >= 0.6 is 0 Å². The van der Waals surface area contributed by atoms with Crippen molar-refractivity contribution in [2.75, 3.05) is 26.3 Å². The lowest BCUT2D eigenvalue weighted by atomic mass is 9.97. The Balaban J connectivity index is 1.54. The number of benzene rings is 1. The monoisotopic (exact) mass is 354 g/mol. The number of hydrogen-bond donors (Lipinski definition) is 1. The second kappa shape index (κ2) is 6.84. The molecule has 0 amide bonds. The van der Waals surface area contributed by atoms with E-state index in [0.717, 1.165) is 41.1 Å². The van der Waals surface area contributed by atoms with Crippen molar-refractivity contribution in [1.29, 1.82) is 0 Å². The Labute approximate surface area is 151 Å². The number of fused-ring (bicyclic) bond motifs is 1. The van der Waals surface area contributed by atoms with Crippen molar-refractivity contribution in [3.05, 3.63) is 47.3 Å². The molecule has 1 aliphatic heterocycles. The standard InChI is InChI=1S/C19H22N4O3/c1-12-9-15-4-3-14(10-17(15)25-12)13(2)16-11-18(26-22-16)21-19(20)23-5-7-24-8-6-23/h3-4,9-11,13H,5-8H2,1-2H3,(H2,20,21). The first-order valence-electron chi connectivity index (χ1n) is 8.74. The van der Waals surface area contributed by atoms with Crippen LogP contribution in [0.1, 0.15) is 29.9 Å². The molecule has 0 saturated carbocycles. The van der Waals surface area contributed by atoms with Crippen molar-refractivity contribution in [3.8, 4) is 0 Å². The molecule has 7 heteroatoms. The highest BCUT2D eigenvalue weighted by atomic mass is 16.5. The first-order valence-corrected chi connectivity index (χ1v) is 8.74. The summed E-state index contributed by atoms with van der Waals surface area (Å²) in [6.45, 7) is 6.80. The average Bonchev–Trinajstić information content (AvgIpc) is 3.26. The number of aliphatic imine (C=N–C) groups is 1. The molecule has 4 rings (SSSR count). The first kappa shape index (κ1) is 16.7. The molecule has 1 saturated heterocycles. The van der Waals surface area contributed by atoms with Crippen LogP contribution in [0.4, 0.5) is 5.88 Å². The number of aryl methyl sites for hydroxylation is 1. The maximum Gasteiger partial charge on any atom is 0.253 e. The van der Waals surface area contributed by atoms with Gasteiger partial charge in [0.2, 0.25) is 0 Å². The molecule has 1 aromatic carbocycles. The smallest absolute Gasteiger partial charge is 0.253 e. The van der Waals surface area contributed by atoms with Crippen LogP contribution in [0.15, 0.2) is 44.3 Å². The molecule has 7 nitrogen and oxygen atoms in total. The predicted octanol–water partition coefficient (Wildman–Crippen LogP) is 3.16. The number of hydrogen-bond acceptors (Lipinski definition) is 5. The van der Waals surface area contributed by atoms with Crippen molar-refractivity contribution < 1.29 is 13.7 Å². The lowest BCUT2D eigenvalue weighted by Crippen LogP contribution is -2.44. The molecule has 1 atom stereocenters. The van der Waals surface area contributed by atoms with Gasteiger partial charge in [0.05, 0.1) is 18.9 Å². The number of nitrogens with zero attached hydrogens (tertiary/aromatic N) is 3. The summed E-state index contributed by atoms with van der Waals surface area (Å²) in [7, 11) is 0. The van der Waals surface area contributed by atoms with E-state index in [1.54, 1.807) is 0 Å². The Bertz CT molecular complexity index is 937. The molecule has 2 aromatic heterocycles. The first-order chi connectivity index (χ1) is 12.6. The number of guanidine groups is 1. The van der Waals surface area contributed by atoms with Gasteiger partial charge in [-0.25, -0.2) is 0 Å². The van der Waals surface area contributed by atoms with E-state index in [9.17, 15) is 0 Å². The maximum absolute atomic E-state index is 6.06. The van der Waals surface area contributed by atoms with E-state index in [2.05, 4.69) is 29.2 Å². The zero-order valence-electron chi connectivity index (χ0n) is 14.9. The van der Waals surface area contributed by atoms with E-state index in [0.29, 0.717) is 25.1 Å². The van der Waals surface area contributed by atoms with Gasteiger partial charge in [-0.05, 0) is 24.6 Å². The van der Waals surface area contributed by atoms with E-state index >= 15 is 0 Å². The van der Waals surface area contributed by atoms with Crippen LogP contribution in [-0.2, 0) is 4.74 Å².